The first-order valence-electron chi connectivity index (χ1n) is 7.78. The van der Waals surface area contributed by atoms with Crippen LogP contribution in [0, 0.1) is 0 Å². The van der Waals surface area contributed by atoms with E-state index in [1.54, 1.807) is 18.3 Å². The number of carboxylic acid groups (broad SMARTS) is 1. The molecule has 0 bridgehead atoms. The molecule has 1 aliphatic rings. The molecule has 7 heteroatoms. The van der Waals surface area contributed by atoms with Crippen LogP contribution < -0.4 is 5.32 Å². The van der Waals surface area contributed by atoms with Gasteiger partial charge in [0.2, 0.25) is 0 Å². The maximum Gasteiger partial charge on any atom is 0.345 e. The summed E-state index contributed by atoms with van der Waals surface area (Å²) in [5, 5.41) is 16.0. The molecule has 1 amide bonds. The number of rotatable bonds is 5. The van der Waals surface area contributed by atoms with E-state index in [1.807, 2.05) is 10.9 Å². The molecular formula is C16H19N3O3S. The molecule has 0 unspecified atom stereocenters. The number of aromatic carboxylic acids is 1. The fourth-order valence-electron chi connectivity index (χ4n) is 2.86. The van der Waals surface area contributed by atoms with Gasteiger partial charge in [0.15, 0.2) is 0 Å². The predicted molar refractivity (Wildman–Crippen MR) is 86.8 cm³/mol. The zero-order chi connectivity index (χ0) is 16.2. The van der Waals surface area contributed by atoms with Crippen molar-refractivity contribution in [3.05, 3.63) is 39.8 Å². The number of carboxylic acids is 1. The first-order chi connectivity index (χ1) is 11.1. The van der Waals surface area contributed by atoms with E-state index >= 15 is 0 Å². The third-order valence-corrected chi connectivity index (χ3v) is 5.18. The molecule has 0 aliphatic heterocycles. The standard InChI is InChI=1S/C16H19N3O3S/c20-15(17-9-13-6-7-14(23-13)16(21)22)11-8-18-19(10-11)12-4-2-1-3-5-12/h6-8,10,12H,1-5,9H2,(H,17,20)(H,21,22). The quantitative estimate of drug-likeness (QED) is 0.880. The summed E-state index contributed by atoms with van der Waals surface area (Å²) < 4.78 is 1.90. The molecular weight excluding hydrogens is 314 g/mol. The summed E-state index contributed by atoms with van der Waals surface area (Å²) in [7, 11) is 0. The van der Waals surface area contributed by atoms with Crippen molar-refractivity contribution in [3.8, 4) is 0 Å². The third-order valence-electron chi connectivity index (χ3n) is 4.11. The summed E-state index contributed by atoms with van der Waals surface area (Å²) in [6.07, 6.45) is 9.37. The Kier molecular flexibility index (Phi) is 4.76. The van der Waals surface area contributed by atoms with Gasteiger partial charge in [-0.05, 0) is 25.0 Å². The number of hydrogen-bond donors (Lipinski definition) is 2. The van der Waals surface area contributed by atoms with Gasteiger partial charge in [-0.25, -0.2) is 4.79 Å². The van der Waals surface area contributed by atoms with Crippen LogP contribution >= 0.6 is 11.3 Å². The van der Waals surface area contributed by atoms with Crippen molar-refractivity contribution < 1.29 is 14.7 Å². The van der Waals surface area contributed by atoms with Gasteiger partial charge in [0, 0.05) is 11.1 Å². The minimum absolute atomic E-state index is 0.183. The number of amides is 1. The van der Waals surface area contributed by atoms with Crippen LogP contribution in [0.1, 0.15) is 63.1 Å². The van der Waals surface area contributed by atoms with E-state index in [0.717, 1.165) is 17.7 Å². The van der Waals surface area contributed by atoms with Crippen molar-refractivity contribution in [1.82, 2.24) is 15.1 Å². The number of carbonyl (C=O) groups excluding carboxylic acids is 1. The smallest absolute Gasteiger partial charge is 0.345 e. The van der Waals surface area contributed by atoms with Crippen molar-refractivity contribution in [2.75, 3.05) is 0 Å². The van der Waals surface area contributed by atoms with Crippen LogP contribution in [-0.2, 0) is 6.54 Å². The Morgan fingerprint density at radius 3 is 2.78 bits per heavy atom. The lowest BCUT2D eigenvalue weighted by Crippen LogP contribution is -2.22. The van der Waals surface area contributed by atoms with Crippen molar-refractivity contribution >= 4 is 23.2 Å². The molecule has 1 aliphatic carbocycles. The Morgan fingerprint density at radius 2 is 2.09 bits per heavy atom. The topological polar surface area (TPSA) is 84.2 Å². The molecule has 0 atom stereocenters. The average Bonchev–Trinajstić information content (AvgIpc) is 3.23. The van der Waals surface area contributed by atoms with Gasteiger partial charge in [-0.15, -0.1) is 11.3 Å². The van der Waals surface area contributed by atoms with Crippen molar-refractivity contribution in [1.29, 1.82) is 0 Å². The van der Waals surface area contributed by atoms with E-state index in [0.29, 0.717) is 18.2 Å². The summed E-state index contributed by atoms with van der Waals surface area (Å²) in [5.74, 6) is -1.13. The summed E-state index contributed by atoms with van der Waals surface area (Å²) >= 11 is 1.17. The molecule has 122 valence electrons. The van der Waals surface area contributed by atoms with Crippen LogP contribution in [0.4, 0.5) is 0 Å². The third kappa shape index (κ3) is 3.79. The van der Waals surface area contributed by atoms with Crippen molar-refractivity contribution in [2.45, 2.75) is 44.7 Å². The van der Waals surface area contributed by atoms with E-state index < -0.39 is 5.97 Å². The summed E-state index contributed by atoms with van der Waals surface area (Å²) in [6.45, 7) is 0.325. The number of carbonyl (C=O) groups is 2. The Bertz CT molecular complexity index is 701. The molecule has 1 fully saturated rings. The average molecular weight is 333 g/mol. The molecule has 2 aromatic rings. The Balaban J connectivity index is 1.57. The molecule has 3 rings (SSSR count). The normalized spacial score (nSPS) is 15.5. The highest BCUT2D eigenvalue weighted by Crippen LogP contribution is 2.27. The first kappa shape index (κ1) is 15.7. The maximum absolute atomic E-state index is 12.2. The van der Waals surface area contributed by atoms with Crippen LogP contribution in [0.15, 0.2) is 24.5 Å². The van der Waals surface area contributed by atoms with Crippen LogP contribution in [-0.4, -0.2) is 26.8 Å². The predicted octanol–water partition coefficient (Wildman–Crippen LogP) is 3.08. The van der Waals surface area contributed by atoms with Crippen LogP contribution in [0.2, 0.25) is 0 Å². The van der Waals surface area contributed by atoms with Gasteiger partial charge >= 0.3 is 5.97 Å². The fourth-order valence-corrected chi connectivity index (χ4v) is 3.64. The summed E-state index contributed by atoms with van der Waals surface area (Å²) in [4.78, 5) is 24.1. The van der Waals surface area contributed by atoms with Gasteiger partial charge in [0.25, 0.3) is 5.91 Å². The lowest BCUT2D eigenvalue weighted by molar-refractivity contribution is 0.0702. The second-order valence-corrected chi connectivity index (χ2v) is 6.92. The number of aromatic nitrogens is 2. The number of hydrogen-bond acceptors (Lipinski definition) is 4. The molecule has 0 radical (unpaired) electrons. The molecule has 0 saturated heterocycles. The highest BCUT2D eigenvalue weighted by atomic mass is 32.1. The van der Waals surface area contributed by atoms with Gasteiger partial charge in [-0.3, -0.25) is 9.48 Å². The van der Waals surface area contributed by atoms with Crippen LogP contribution in [0.3, 0.4) is 0 Å². The number of nitrogens with zero attached hydrogens (tertiary/aromatic N) is 2. The van der Waals surface area contributed by atoms with Gasteiger partial charge in [-0.2, -0.15) is 5.10 Å². The molecule has 6 nitrogen and oxygen atoms in total. The van der Waals surface area contributed by atoms with E-state index in [4.69, 9.17) is 5.11 Å². The van der Waals surface area contributed by atoms with Gasteiger partial charge in [0.1, 0.15) is 4.88 Å². The Hall–Kier alpha value is -2.15. The molecule has 2 heterocycles. The molecule has 1 saturated carbocycles. The minimum atomic E-state index is -0.943. The van der Waals surface area contributed by atoms with Crippen LogP contribution in [0.25, 0.3) is 0 Å². The summed E-state index contributed by atoms with van der Waals surface area (Å²) in [6, 6.07) is 3.68. The van der Waals surface area contributed by atoms with Crippen molar-refractivity contribution in [3.63, 3.8) is 0 Å². The highest BCUT2D eigenvalue weighted by Gasteiger charge is 2.18. The number of nitrogens with one attached hydrogen (secondary N) is 1. The second kappa shape index (κ2) is 6.95. The largest absolute Gasteiger partial charge is 0.477 e. The summed E-state index contributed by atoms with van der Waals surface area (Å²) in [5.41, 5.74) is 0.547. The SMILES string of the molecule is O=C(NCc1ccc(C(=O)O)s1)c1cnn(C2CCCCC2)c1. The zero-order valence-corrected chi connectivity index (χ0v) is 13.5. The zero-order valence-electron chi connectivity index (χ0n) is 12.7. The van der Waals surface area contributed by atoms with Gasteiger partial charge in [0.05, 0.1) is 24.3 Å². The van der Waals surface area contributed by atoms with E-state index in [2.05, 4.69) is 10.4 Å². The van der Waals surface area contributed by atoms with E-state index in [9.17, 15) is 9.59 Å². The fraction of sp³-hybridized carbons (Fsp3) is 0.438. The first-order valence-corrected chi connectivity index (χ1v) is 8.59. The van der Waals surface area contributed by atoms with Crippen LogP contribution in [0.5, 0.6) is 0 Å². The minimum Gasteiger partial charge on any atom is -0.477 e. The second-order valence-electron chi connectivity index (χ2n) is 5.75. The Labute approximate surface area is 138 Å². The number of thiophene rings is 1. The monoisotopic (exact) mass is 333 g/mol. The maximum atomic E-state index is 12.2. The molecule has 2 aromatic heterocycles. The van der Waals surface area contributed by atoms with Gasteiger partial charge < -0.3 is 10.4 Å². The lowest BCUT2D eigenvalue weighted by Gasteiger charge is -2.21. The molecule has 2 N–H and O–H groups in total. The molecule has 23 heavy (non-hydrogen) atoms. The van der Waals surface area contributed by atoms with Gasteiger partial charge in [-0.1, -0.05) is 19.3 Å². The van der Waals surface area contributed by atoms with Crippen molar-refractivity contribution in [2.24, 2.45) is 0 Å². The molecule has 0 aromatic carbocycles. The Morgan fingerprint density at radius 1 is 1.30 bits per heavy atom. The van der Waals surface area contributed by atoms with E-state index in [1.165, 1.54) is 30.6 Å². The van der Waals surface area contributed by atoms with E-state index in [-0.39, 0.29) is 10.8 Å². The molecule has 0 spiro atoms. The lowest BCUT2D eigenvalue weighted by atomic mass is 9.96. The highest BCUT2D eigenvalue weighted by molar-refractivity contribution is 7.13.